The molecule has 1 aromatic rings. The lowest BCUT2D eigenvalue weighted by Gasteiger charge is -2.17. The molecule has 2 nitrogen and oxygen atoms in total. The van der Waals surface area contributed by atoms with Crippen molar-refractivity contribution in [2.75, 3.05) is 6.54 Å². The molecule has 1 aliphatic rings. The molecule has 0 bridgehead atoms. The van der Waals surface area contributed by atoms with Gasteiger partial charge in [0, 0.05) is 12.6 Å². The van der Waals surface area contributed by atoms with Crippen LogP contribution in [0.1, 0.15) is 25.3 Å². The highest BCUT2D eigenvalue weighted by Gasteiger charge is 2.34. The zero-order valence-electron chi connectivity index (χ0n) is 10.4. The Hall–Kier alpha value is -1.30. The van der Waals surface area contributed by atoms with E-state index in [0.717, 1.165) is 18.9 Å². The quantitative estimate of drug-likeness (QED) is 0.833. The van der Waals surface area contributed by atoms with Gasteiger partial charge < -0.3 is 10.1 Å². The van der Waals surface area contributed by atoms with Gasteiger partial charge in [0.05, 0.1) is 5.56 Å². The highest BCUT2D eigenvalue weighted by atomic mass is 19.4. The van der Waals surface area contributed by atoms with Crippen LogP contribution in [0.25, 0.3) is 0 Å². The van der Waals surface area contributed by atoms with E-state index in [0.29, 0.717) is 18.7 Å². The monoisotopic (exact) mass is 277 g/mol. The Bertz CT molecular complexity index is 443. The largest absolute Gasteiger partial charge is 0.489 e. The molecule has 0 aromatic heterocycles. The van der Waals surface area contributed by atoms with Crippen LogP contribution < -0.4 is 10.1 Å². The Kier molecular flexibility index (Phi) is 3.99. The van der Waals surface area contributed by atoms with Gasteiger partial charge in [-0.2, -0.15) is 13.2 Å². The molecule has 106 valence electrons. The van der Waals surface area contributed by atoms with Gasteiger partial charge in [-0.3, -0.25) is 0 Å². The topological polar surface area (TPSA) is 21.3 Å². The zero-order chi connectivity index (χ0) is 14.0. The Morgan fingerprint density at radius 3 is 2.63 bits per heavy atom. The SMILES string of the molecule is CC(CNC1CC1)Oc1ccc(F)c(C(F)(F)F)c1. The molecule has 0 saturated heterocycles. The average Bonchev–Trinajstić information content (AvgIpc) is 3.11. The van der Waals surface area contributed by atoms with Gasteiger partial charge in [-0.05, 0) is 38.0 Å². The Labute approximate surface area is 108 Å². The number of ether oxygens (including phenoxy) is 1. The molecular weight excluding hydrogens is 262 g/mol. The molecule has 0 amide bonds. The van der Waals surface area contributed by atoms with Crippen LogP contribution in [0, 0.1) is 5.82 Å². The smallest absolute Gasteiger partial charge is 0.419 e. The number of nitrogens with one attached hydrogen (secondary N) is 1. The number of hydrogen-bond donors (Lipinski definition) is 1. The molecule has 0 spiro atoms. The van der Waals surface area contributed by atoms with Crippen molar-refractivity contribution >= 4 is 0 Å². The molecule has 1 N–H and O–H groups in total. The van der Waals surface area contributed by atoms with Crippen LogP contribution in [0.3, 0.4) is 0 Å². The molecule has 0 radical (unpaired) electrons. The van der Waals surface area contributed by atoms with Gasteiger partial charge in [0.15, 0.2) is 0 Å². The van der Waals surface area contributed by atoms with Gasteiger partial charge in [0.25, 0.3) is 0 Å². The second kappa shape index (κ2) is 5.36. The van der Waals surface area contributed by atoms with Crippen LogP contribution in [0.5, 0.6) is 5.75 Å². The van der Waals surface area contributed by atoms with E-state index in [2.05, 4.69) is 5.32 Å². The van der Waals surface area contributed by atoms with Crippen molar-refractivity contribution in [1.82, 2.24) is 5.32 Å². The molecule has 0 aliphatic heterocycles. The summed E-state index contributed by atoms with van der Waals surface area (Å²) >= 11 is 0. The lowest BCUT2D eigenvalue weighted by atomic mass is 10.2. The summed E-state index contributed by atoms with van der Waals surface area (Å²) in [5.74, 6) is -1.26. The number of rotatable bonds is 5. The molecule has 1 unspecified atom stereocenters. The summed E-state index contributed by atoms with van der Waals surface area (Å²) in [4.78, 5) is 0. The third-order valence-electron chi connectivity index (χ3n) is 2.85. The number of alkyl halides is 3. The minimum atomic E-state index is -4.71. The highest BCUT2D eigenvalue weighted by molar-refractivity contribution is 5.31. The van der Waals surface area contributed by atoms with Gasteiger partial charge in [0.1, 0.15) is 17.7 Å². The first-order valence-corrected chi connectivity index (χ1v) is 6.13. The lowest BCUT2D eigenvalue weighted by Crippen LogP contribution is -2.30. The Morgan fingerprint density at radius 1 is 1.37 bits per heavy atom. The van der Waals surface area contributed by atoms with E-state index in [9.17, 15) is 17.6 Å². The van der Waals surface area contributed by atoms with E-state index in [1.165, 1.54) is 6.07 Å². The standard InChI is InChI=1S/C13H15F4NO/c1-8(7-18-9-2-3-9)19-10-4-5-12(14)11(6-10)13(15,16)17/h4-6,8-9,18H,2-3,7H2,1H3. The molecule has 2 rings (SSSR count). The summed E-state index contributed by atoms with van der Waals surface area (Å²) in [5.41, 5.74) is -1.30. The predicted octanol–water partition coefficient (Wildman–Crippen LogP) is 3.36. The van der Waals surface area contributed by atoms with Crippen molar-refractivity contribution in [3.8, 4) is 5.75 Å². The highest BCUT2D eigenvalue weighted by Crippen LogP contribution is 2.33. The fourth-order valence-electron chi connectivity index (χ4n) is 1.69. The Balaban J connectivity index is 1.99. The maximum absolute atomic E-state index is 13.1. The number of benzene rings is 1. The van der Waals surface area contributed by atoms with E-state index in [-0.39, 0.29) is 11.9 Å². The minimum Gasteiger partial charge on any atom is -0.489 e. The van der Waals surface area contributed by atoms with E-state index >= 15 is 0 Å². The van der Waals surface area contributed by atoms with Gasteiger partial charge in [-0.15, -0.1) is 0 Å². The van der Waals surface area contributed by atoms with Crippen molar-refractivity contribution in [1.29, 1.82) is 0 Å². The fourth-order valence-corrected chi connectivity index (χ4v) is 1.69. The molecule has 1 saturated carbocycles. The van der Waals surface area contributed by atoms with Crippen molar-refractivity contribution in [2.45, 2.75) is 38.1 Å². The normalized spacial score (nSPS) is 17.3. The fraction of sp³-hybridized carbons (Fsp3) is 0.538. The molecule has 1 atom stereocenters. The van der Waals surface area contributed by atoms with E-state index in [1.807, 2.05) is 0 Å². The molecule has 0 heterocycles. The van der Waals surface area contributed by atoms with Crippen LogP contribution >= 0.6 is 0 Å². The van der Waals surface area contributed by atoms with Gasteiger partial charge in [-0.25, -0.2) is 4.39 Å². The third-order valence-corrected chi connectivity index (χ3v) is 2.85. The van der Waals surface area contributed by atoms with Gasteiger partial charge in [-0.1, -0.05) is 0 Å². The maximum atomic E-state index is 13.1. The summed E-state index contributed by atoms with van der Waals surface area (Å²) in [7, 11) is 0. The van der Waals surface area contributed by atoms with Crippen LogP contribution in [0.4, 0.5) is 17.6 Å². The van der Waals surface area contributed by atoms with E-state index < -0.39 is 17.6 Å². The predicted molar refractivity (Wildman–Crippen MR) is 62.5 cm³/mol. The molecule has 19 heavy (non-hydrogen) atoms. The first kappa shape index (κ1) is 14.1. The molecule has 1 fully saturated rings. The van der Waals surface area contributed by atoms with E-state index in [4.69, 9.17) is 4.74 Å². The summed E-state index contributed by atoms with van der Waals surface area (Å²) in [6.45, 7) is 2.31. The van der Waals surface area contributed by atoms with E-state index in [1.54, 1.807) is 6.92 Å². The summed E-state index contributed by atoms with van der Waals surface area (Å²) in [5, 5.41) is 3.21. The second-order valence-electron chi connectivity index (χ2n) is 4.75. The third kappa shape index (κ3) is 4.09. The van der Waals surface area contributed by atoms with Crippen LogP contribution in [0.15, 0.2) is 18.2 Å². The van der Waals surface area contributed by atoms with Gasteiger partial charge >= 0.3 is 6.18 Å². The summed E-state index contributed by atoms with van der Waals surface area (Å²) in [6, 6.07) is 3.19. The molecule has 6 heteroatoms. The number of hydrogen-bond acceptors (Lipinski definition) is 2. The van der Waals surface area contributed by atoms with Crippen molar-refractivity contribution < 1.29 is 22.3 Å². The number of halogens is 4. The second-order valence-corrected chi connectivity index (χ2v) is 4.75. The van der Waals surface area contributed by atoms with Gasteiger partial charge in [0.2, 0.25) is 0 Å². The van der Waals surface area contributed by atoms with Crippen molar-refractivity contribution in [2.24, 2.45) is 0 Å². The maximum Gasteiger partial charge on any atom is 0.419 e. The Morgan fingerprint density at radius 2 is 2.05 bits per heavy atom. The van der Waals surface area contributed by atoms with Crippen molar-refractivity contribution in [3.63, 3.8) is 0 Å². The molecular formula is C13H15F4NO. The lowest BCUT2D eigenvalue weighted by molar-refractivity contribution is -0.140. The zero-order valence-corrected chi connectivity index (χ0v) is 10.4. The first-order valence-electron chi connectivity index (χ1n) is 6.13. The molecule has 1 aromatic carbocycles. The minimum absolute atomic E-state index is 0.0267. The summed E-state index contributed by atoms with van der Waals surface area (Å²) < 4.78 is 56.0. The molecule has 1 aliphatic carbocycles. The van der Waals surface area contributed by atoms with Crippen LogP contribution in [0.2, 0.25) is 0 Å². The summed E-state index contributed by atoms with van der Waals surface area (Å²) in [6.07, 6.45) is -2.73. The first-order chi connectivity index (χ1) is 8.86. The van der Waals surface area contributed by atoms with Crippen molar-refractivity contribution in [3.05, 3.63) is 29.6 Å². The van der Waals surface area contributed by atoms with Crippen LogP contribution in [-0.2, 0) is 6.18 Å². The van der Waals surface area contributed by atoms with Crippen LogP contribution in [-0.4, -0.2) is 18.7 Å². The average molecular weight is 277 g/mol.